The molecular weight excluding hydrogens is 254 g/mol. The third kappa shape index (κ3) is 3.20. The number of hydrogen-bond acceptors (Lipinski definition) is 3. The number of rotatable bonds is 6. The number of likely N-dealkylation sites (tertiary alicyclic amines) is 1. The molecule has 0 spiro atoms. The second kappa shape index (κ2) is 5.95. The summed E-state index contributed by atoms with van der Waals surface area (Å²) in [5.74, 6) is 0.837. The van der Waals surface area contributed by atoms with Gasteiger partial charge in [0.05, 0.1) is 19.2 Å². The number of amides is 1. The van der Waals surface area contributed by atoms with Crippen molar-refractivity contribution < 1.29 is 9.53 Å². The minimum absolute atomic E-state index is 0.139. The zero-order valence-electron chi connectivity index (χ0n) is 12.1. The Morgan fingerprint density at radius 3 is 3.00 bits per heavy atom. The molecule has 5 heteroatoms. The van der Waals surface area contributed by atoms with Gasteiger partial charge in [-0.15, -0.1) is 0 Å². The molecule has 3 rings (SSSR count). The number of aromatic nitrogens is 2. The molecule has 5 nitrogen and oxygen atoms in total. The zero-order chi connectivity index (χ0) is 13.9. The van der Waals surface area contributed by atoms with E-state index in [-0.39, 0.29) is 18.1 Å². The van der Waals surface area contributed by atoms with Crippen molar-refractivity contribution in [2.24, 2.45) is 5.92 Å². The van der Waals surface area contributed by atoms with Crippen molar-refractivity contribution in [1.82, 2.24) is 14.7 Å². The summed E-state index contributed by atoms with van der Waals surface area (Å²) in [6, 6.07) is 2.18. The maximum atomic E-state index is 12.5. The molecule has 1 saturated carbocycles. The van der Waals surface area contributed by atoms with Crippen molar-refractivity contribution in [2.45, 2.75) is 51.3 Å². The van der Waals surface area contributed by atoms with Crippen molar-refractivity contribution in [3.63, 3.8) is 0 Å². The number of carbonyl (C=O) groups excluding carboxylic acids is 1. The topological polar surface area (TPSA) is 47.4 Å². The third-order valence-corrected chi connectivity index (χ3v) is 4.24. The Morgan fingerprint density at radius 1 is 1.45 bits per heavy atom. The normalized spacial score (nSPS) is 24.1. The van der Waals surface area contributed by atoms with E-state index in [2.05, 4.69) is 5.10 Å². The molecule has 1 saturated heterocycles. The highest BCUT2D eigenvalue weighted by Crippen LogP contribution is 2.29. The summed E-state index contributed by atoms with van der Waals surface area (Å²) < 4.78 is 7.62. The van der Waals surface area contributed by atoms with Crippen LogP contribution in [0.25, 0.3) is 0 Å². The predicted molar refractivity (Wildman–Crippen MR) is 75.1 cm³/mol. The first-order valence-corrected chi connectivity index (χ1v) is 7.63. The van der Waals surface area contributed by atoms with Crippen LogP contribution in [0.1, 0.15) is 32.6 Å². The molecule has 2 fully saturated rings. The molecule has 110 valence electrons. The first kappa shape index (κ1) is 13.6. The number of hydrogen-bond donors (Lipinski definition) is 0. The van der Waals surface area contributed by atoms with Crippen molar-refractivity contribution in [1.29, 1.82) is 0 Å². The van der Waals surface area contributed by atoms with Gasteiger partial charge in [-0.1, -0.05) is 0 Å². The molecule has 1 aliphatic heterocycles. The number of ether oxygens (including phenoxy) is 1. The molecule has 0 unspecified atom stereocenters. The van der Waals surface area contributed by atoms with E-state index in [1.165, 1.54) is 12.8 Å². The van der Waals surface area contributed by atoms with Gasteiger partial charge in [-0.25, -0.2) is 0 Å². The van der Waals surface area contributed by atoms with Crippen LogP contribution in [0, 0.1) is 5.92 Å². The van der Waals surface area contributed by atoms with Crippen molar-refractivity contribution in [2.75, 3.05) is 13.2 Å². The molecule has 20 heavy (non-hydrogen) atoms. The van der Waals surface area contributed by atoms with Gasteiger partial charge in [0.15, 0.2) is 0 Å². The molecule has 1 amide bonds. The van der Waals surface area contributed by atoms with Gasteiger partial charge in [-0.2, -0.15) is 5.10 Å². The molecule has 0 aromatic carbocycles. The Hall–Kier alpha value is -1.36. The van der Waals surface area contributed by atoms with E-state index >= 15 is 0 Å². The van der Waals surface area contributed by atoms with Crippen molar-refractivity contribution in [3.05, 3.63) is 18.5 Å². The van der Waals surface area contributed by atoms with Gasteiger partial charge < -0.3 is 9.64 Å². The predicted octanol–water partition coefficient (Wildman–Crippen LogP) is 1.69. The van der Waals surface area contributed by atoms with Crippen molar-refractivity contribution in [3.8, 4) is 0 Å². The van der Waals surface area contributed by atoms with Gasteiger partial charge in [0.2, 0.25) is 0 Å². The zero-order valence-corrected chi connectivity index (χ0v) is 12.1. The maximum absolute atomic E-state index is 12.5. The highest BCUT2D eigenvalue weighted by molar-refractivity contribution is 5.81. The van der Waals surface area contributed by atoms with E-state index in [0.717, 1.165) is 32.5 Å². The fourth-order valence-corrected chi connectivity index (χ4v) is 2.81. The highest BCUT2D eigenvalue weighted by Gasteiger charge is 2.33. The lowest BCUT2D eigenvalue weighted by Crippen LogP contribution is -2.43. The molecule has 2 atom stereocenters. The van der Waals surface area contributed by atoms with E-state index in [4.69, 9.17) is 4.74 Å². The number of nitrogens with zero attached hydrogens (tertiary/aromatic N) is 3. The lowest BCUT2D eigenvalue weighted by Gasteiger charge is -2.27. The average Bonchev–Trinajstić information content (AvgIpc) is 2.94. The molecule has 2 aliphatic rings. The molecule has 0 N–H and O–H groups in total. The first-order chi connectivity index (χ1) is 9.74. The smallest absolute Gasteiger partial charge is 0.251 e. The monoisotopic (exact) mass is 277 g/mol. The van der Waals surface area contributed by atoms with E-state index in [0.29, 0.717) is 5.92 Å². The molecule has 0 radical (unpaired) electrons. The summed E-state index contributed by atoms with van der Waals surface area (Å²) in [6.45, 7) is 4.26. The molecule has 1 aromatic heterocycles. The maximum Gasteiger partial charge on any atom is 0.251 e. The van der Waals surface area contributed by atoms with Crippen LogP contribution in [0.3, 0.4) is 0 Å². The Morgan fingerprint density at radius 2 is 2.30 bits per heavy atom. The highest BCUT2D eigenvalue weighted by atomic mass is 16.5. The number of carbonyl (C=O) groups is 1. The largest absolute Gasteiger partial charge is 0.368 e. The average molecular weight is 277 g/mol. The molecular formula is C15H23N3O2. The fraction of sp³-hybridized carbons (Fsp3) is 0.733. The summed E-state index contributed by atoms with van der Waals surface area (Å²) >= 11 is 0. The van der Waals surface area contributed by atoms with Crippen LogP contribution < -0.4 is 0 Å². The van der Waals surface area contributed by atoms with Crippen LogP contribution in [0.15, 0.2) is 18.5 Å². The standard InChI is InChI=1S/C15H23N3O2/c1-12(20-11-13-5-6-13)15(19)18-9-2-4-14(18)10-17-8-3-7-16-17/h3,7-8,12-14H,2,4-6,9-11H2,1H3/t12-,14+/m0/s1. The lowest BCUT2D eigenvalue weighted by atomic mass is 10.2. The van der Waals surface area contributed by atoms with E-state index in [9.17, 15) is 4.79 Å². The molecule has 0 bridgehead atoms. The van der Waals surface area contributed by atoms with Crippen LogP contribution in [0.2, 0.25) is 0 Å². The second-order valence-electron chi connectivity index (χ2n) is 5.97. The van der Waals surface area contributed by atoms with Crippen LogP contribution >= 0.6 is 0 Å². The first-order valence-electron chi connectivity index (χ1n) is 7.63. The second-order valence-corrected chi connectivity index (χ2v) is 5.97. The van der Waals surface area contributed by atoms with Crippen molar-refractivity contribution >= 4 is 5.91 Å². The van der Waals surface area contributed by atoms with E-state index in [1.807, 2.05) is 28.8 Å². The summed E-state index contributed by atoms with van der Waals surface area (Å²) in [7, 11) is 0. The minimum atomic E-state index is -0.311. The van der Waals surface area contributed by atoms with Crippen LogP contribution in [-0.2, 0) is 16.1 Å². The lowest BCUT2D eigenvalue weighted by molar-refractivity contribution is -0.144. The Balaban J connectivity index is 1.54. The summed E-state index contributed by atoms with van der Waals surface area (Å²) in [4.78, 5) is 14.5. The Bertz CT molecular complexity index is 442. The Kier molecular flexibility index (Phi) is 4.05. The molecule has 2 heterocycles. The quantitative estimate of drug-likeness (QED) is 0.795. The van der Waals surface area contributed by atoms with Gasteiger partial charge in [-0.05, 0) is 44.6 Å². The van der Waals surface area contributed by atoms with Gasteiger partial charge in [0.1, 0.15) is 6.10 Å². The van der Waals surface area contributed by atoms with Gasteiger partial charge >= 0.3 is 0 Å². The van der Waals surface area contributed by atoms with Crippen LogP contribution in [-0.4, -0.2) is 45.9 Å². The van der Waals surface area contributed by atoms with Gasteiger partial charge in [-0.3, -0.25) is 9.48 Å². The van der Waals surface area contributed by atoms with E-state index in [1.54, 1.807) is 6.20 Å². The summed E-state index contributed by atoms with van der Waals surface area (Å²) in [6.07, 6.45) is 8.07. The molecule has 1 aromatic rings. The summed E-state index contributed by atoms with van der Waals surface area (Å²) in [5.41, 5.74) is 0. The van der Waals surface area contributed by atoms with Gasteiger partial charge in [0.25, 0.3) is 5.91 Å². The van der Waals surface area contributed by atoms with Gasteiger partial charge in [0, 0.05) is 18.9 Å². The SMILES string of the molecule is C[C@H](OCC1CC1)C(=O)N1CCC[C@@H]1Cn1cccn1. The fourth-order valence-electron chi connectivity index (χ4n) is 2.81. The van der Waals surface area contributed by atoms with Crippen LogP contribution in [0.5, 0.6) is 0 Å². The minimum Gasteiger partial charge on any atom is -0.368 e. The molecule has 1 aliphatic carbocycles. The van der Waals surface area contributed by atoms with E-state index < -0.39 is 0 Å². The summed E-state index contributed by atoms with van der Waals surface area (Å²) in [5, 5.41) is 4.23. The third-order valence-electron chi connectivity index (χ3n) is 4.24. The Labute approximate surface area is 119 Å². The van der Waals surface area contributed by atoms with Crippen LogP contribution in [0.4, 0.5) is 0 Å².